The average Bonchev–Trinajstić information content (AvgIpc) is 2.17. The van der Waals surface area contributed by atoms with Crippen molar-refractivity contribution in [1.29, 1.82) is 0 Å². The van der Waals surface area contributed by atoms with Crippen LogP contribution in [0.3, 0.4) is 0 Å². The fourth-order valence-corrected chi connectivity index (χ4v) is 1.39. The summed E-state index contributed by atoms with van der Waals surface area (Å²) in [7, 11) is 0. The molecule has 1 amide bonds. The van der Waals surface area contributed by atoms with Crippen LogP contribution in [0.25, 0.3) is 10.8 Å². The van der Waals surface area contributed by atoms with Crippen molar-refractivity contribution < 1.29 is 9.90 Å². The van der Waals surface area contributed by atoms with E-state index >= 15 is 0 Å². The summed E-state index contributed by atoms with van der Waals surface area (Å²) in [6.07, 6.45) is -1.04. The van der Waals surface area contributed by atoms with E-state index in [9.17, 15) is 4.79 Å². The van der Waals surface area contributed by atoms with Crippen molar-refractivity contribution in [2.45, 2.75) is 0 Å². The molecule has 0 unspecified atom stereocenters. The predicted octanol–water partition coefficient (Wildman–Crippen LogP) is 2.93. The number of anilines is 1. The lowest BCUT2D eigenvalue weighted by Crippen LogP contribution is -2.06. The summed E-state index contributed by atoms with van der Waals surface area (Å²) in [5.41, 5.74) is 0.594. The maximum Gasteiger partial charge on any atom is 0.409 e. The molecule has 2 rings (SSSR count). The van der Waals surface area contributed by atoms with Crippen LogP contribution in [-0.4, -0.2) is 11.2 Å². The fraction of sp³-hybridized carbons (Fsp3) is 0. The first-order chi connectivity index (χ1) is 6.75. The number of carbonyl (C=O) groups is 1. The van der Waals surface area contributed by atoms with Gasteiger partial charge in [-0.05, 0) is 22.9 Å². The highest BCUT2D eigenvalue weighted by molar-refractivity contribution is 5.90. The molecule has 2 aromatic carbocycles. The van der Waals surface area contributed by atoms with Gasteiger partial charge < -0.3 is 5.11 Å². The fourth-order valence-electron chi connectivity index (χ4n) is 1.39. The number of fused-ring (bicyclic) bond motifs is 1. The van der Waals surface area contributed by atoms with E-state index in [1.807, 2.05) is 36.4 Å². The Bertz CT molecular complexity index is 479. The summed E-state index contributed by atoms with van der Waals surface area (Å²) in [4.78, 5) is 10.4. The molecule has 70 valence electrons. The van der Waals surface area contributed by atoms with E-state index in [0.29, 0.717) is 5.69 Å². The number of carboxylic acid groups (broad SMARTS) is 1. The van der Waals surface area contributed by atoms with Crippen LogP contribution in [0.1, 0.15) is 0 Å². The number of hydrogen-bond donors (Lipinski definition) is 2. The third-order valence-corrected chi connectivity index (χ3v) is 2.00. The van der Waals surface area contributed by atoms with Gasteiger partial charge in [-0.1, -0.05) is 30.3 Å². The van der Waals surface area contributed by atoms with Crippen LogP contribution in [0.5, 0.6) is 0 Å². The normalized spacial score (nSPS) is 10.0. The van der Waals surface area contributed by atoms with Crippen LogP contribution in [0.15, 0.2) is 42.5 Å². The summed E-state index contributed by atoms with van der Waals surface area (Å²) in [6.45, 7) is 0. The monoisotopic (exact) mass is 187 g/mol. The van der Waals surface area contributed by atoms with Gasteiger partial charge in [0.1, 0.15) is 0 Å². The van der Waals surface area contributed by atoms with Crippen molar-refractivity contribution in [2.24, 2.45) is 0 Å². The molecule has 0 radical (unpaired) electrons. The Balaban J connectivity index is 2.46. The SMILES string of the molecule is O=C(O)Nc1ccc2ccccc2c1. The van der Waals surface area contributed by atoms with E-state index in [2.05, 4.69) is 5.32 Å². The van der Waals surface area contributed by atoms with Crippen molar-refractivity contribution in [3.05, 3.63) is 42.5 Å². The molecule has 3 nitrogen and oxygen atoms in total. The van der Waals surface area contributed by atoms with E-state index in [1.165, 1.54) is 0 Å². The molecule has 0 spiro atoms. The Labute approximate surface area is 81.0 Å². The van der Waals surface area contributed by atoms with Crippen LogP contribution in [0.2, 0.25) is 0 Å². The van der Waals surface area contributed by atoms with Crippen LogP contribution in [0, 0.1) is 0 Å². The van der Waals surface area contributed by atoms with Gasteiger partial charge in [0.25, 0.3) is 0 Å². The lowest BCUT2D eigenvalue weighted by atomic mass is 10.1. The molecule has 0 aliphatic heterocycles. The molecule has 0 atom stereocenters. The quantitative estimate of drug-likeness (QED) is 0.721. The molecule has 0 aliphatic carbocycles. The second-order valence-electron chi connectivity index (χ2n) is 2.99. The molecule has 0 bridgehead atoms. The minimum atomic E-state index is -1.04. The Kier molecular flexibility index (Phi) is 2.07. The van der Waals surface area contributed by atoms with Gasteiger partial charge in [0.15, 0.2) is 0 Å². The number of hydrogen-bond acceptors (Lipinski definition) is 1. The minimum Gasteiger partial charge on any atom is -0.465 e. The first kappa shape index (κ1) is 8.56. The van der Waals surface area contributed by atoms with Crippen LogP contribution in [-0.2, 0) is 0 Å². The van der Waals surface area contributed by atoms with Gasteiger partial charge in [-0.15, -0.1) is 0 Å². The maximum atomic E-state index is 10.4. The minimum absolute atomic E-state index is 0.594. The van der Waals surface area contributed by atoms with Crippen LogP contribution < -0.4 is 5.32 Å². The van der Waals surface area contributed by atoms with Crippen molar-refractivity contribution >= 4 is 22.6 Å². The van der Waals surface area contributed by atoms with Gasteiger partial charge in [0, 0.05) is 5.69 Å². The zero-order valence-corrected chi connectivity index (χ0v) is 7.40. The highest BCUT2D eigenvalue weighted by atomic mass is 16.4. The highest BCUT2D eigenvalue weighted by Crippen LogP contribution is 2.18. The van der Waals surface area contributed by atoms with Gasteiger partial charge in [-0.25, -0.2) is 4.79 Å². The summed E-state index contributed by atoms with van der Waals surface area (Å²) < 4.78 is 0. The molecule has 0 fully saturated rings. The van der Waals surface area contributed by atoms with Crippen molar-refractivity contribution in [1.82, 2.24) is 0 Å². The van der Waals surface area contributed by atoms with E-state index < -0.39 is 6.09 Å². The van der Waals surface area contributed by atoms with E-state index in [4.69, 9.17) is 5.11 Å². The second kappa shape index (κ2) is 3.38. The van der Waals surface area contributed by atoms with E-state index in [-0.39, 0.29) is 0 Å². The van der Waals surface area contributed by atoms with Gasteiger partial charge in [0.2, 0.25) is 0 Å². The largest absolute Gasteiger partial charge is 0.465 e. The Morgan fingerprint density at radius 2 is 1.79 bits per heavy atom. The van der Waals surface area contributed by atoms with Gasteiger partial charge in [0.05, 0.1) is 0 Å². The standard InChI is InChI=1S/C11H9NO2/c13-11(14)12-10-6-5-8-3-1-2-4-9(8)7-10/h1-7,12H,(H,13,14). The molecule has 3 heteroatoms. The average molecular weight is 187 g/mol. The van der Waals surface area contributed by atoms with Crippen molar-refractivity contribution in [2.75, 3.05) is 5.32 Å². The maximum absolute atomic E-state index is 10.4. The van der Waals surface area contributed by atoms with E-state index in [0.717, 1.165) is 10.8 Å². The molecule has 0 heterocycles. The van der Waals surface area contributed by atoms with Gasteiger partial charge >= 0.3 is 6.09 Å². The molecule has 0 saturated carbocycles. The summed E-state index contributed by atoms with van der Waals surface area (Å²) in [5, 5.41) is 13.0. The highest BCUT2D eigenvalue weighted by Gasteiger charge is 1.98. The summed E-state index contributed by atoms with van der Waals surface area (Å²) >= 11 is 0. The molecule has 2 aromatic rings. The van der Waals surface area contributed by atoms with Crippen LogP contribution in [0.4, 0.5) is 10.5 Å². The molecule has 0 aromatic heterocycles. The number of rotatable bonds is 1. The lowest BCUT2D eigenvalue weighted by Gasteiger charge is -2.02. The third-order valence-electron chi connectivity index (χ3n) is 2.00. The van der Waals surface area contributed by atoms with Crippen molar-refractivity contribution in [3.8, 4) is 0 Å². The topological polar surface area (TPSA) is 49.3 Å². The first-order valence-corrected chi connectivity index (χ1v) is 4.24. The predicted molar refractivity (Wildman–Crippen MR) is 55.6 cm³/mol. The van der Waals surface area contributed by atoms with Crippen LogP contribution >= 0.6 is 0 Å². The zero-order chi connectivity index (χ0) is 9.97. The molecule has 0 saturated heterocycles. The van der Waals surface area contributed by atoms with Gasteiger partial charge in [-0.3, -0.25) is 5.32 Å². The number of benzene rings is 2. The number of amides is 1. The van der Waals surface area contributed by atoms with Gasteiger partial charge in [-0.2, -0.15) is 0 Å². The molecular weight excluding hydrogens is 178 g/mol. The first-order valence-electron chi connectivity index (χ1n) is 4.24. The lowest BCUT2D eigenvalue weighted by molar-refractivity contribution is 0.210. The molecule has 0 aliphatic rings. The Morgan fingerprint density at radius 1 is 1.07 bits per heavy atom. The Hall–Kier alpha value is -2.03. The smallest absolute Gasteiger partial charge is 0.409 e. The second-order valence-corrected chi connectivity index (χ2v) is 2.99. The molecular formula is C11H9NO2. The zero-order valence-electron chi connectivity index (χ0n) is 7.40. The Morgan fingerprint density at radius 3 is 2.50 bits per heavy atom. The third kappa shape index (κ3) is 1.66. The summed E-state index contributed by atoms with van der Waals surface area (Å²) in [5.74, 6) is 0. The number of nitrogens with one attached hydrogen (secondary N) is 1. The summed E-state index contributed by atoms with van der Waals surface area (Å²) in [6, 6.07) is 13.3. The molecule has 2 N–H and O–H groups in total. The molecule has 14 heavy (non-hydrogen) atoms. The van der Waals surface area contributed by atoms with Crippen molar-refractivity contribution in [3.63, 3.8) is 0 Å². The van der Waals surface area contributed by atoms with E-state index in [1.54, 1.807) is 6.07 Å².